The average molecular weight is 689 g/mol. The fraction of sp³-hybridized carbons (Fsp3) is 0.314. The molecule has 0 saturated carbocycles. The van der Waals surface area contributed by atoms with Crippen LogP contribution in [0.3, 0.4) is 0 Å². The molecule has 6 rings (SSSR count). The monoisotopic (exact) mass is 688 g/mol. The molecule has 2 N–H and O–H groups in total. The Morgan fingerprint density at radius 3 is 2.62 bits per heavy atom. The highest BCUT2D eigenvalue weighted by Gasteiger charge is 2.45. The zero-order chi connectivity index (χ0) is 35.4. The van der Waals surface area contributed by atoms with Gasteiger partial charge < -0.3 is 15.4 Å². The maximum Gasteiger partial charge on any atom is 0.433 e. The number of nitrogens with one attached hydrogen (secondary N) is 2. The van der Waals surface area contributed by atoms with Gasteiger partial charge in [-0.3, -0.25) is 24.2 Å². The van der Waals surface area contributed by atoms with Crippen molar-refractivity contribution < 1.29 is 32.3 Å². The van der Waals surface area contributed by atoms with E-state index in [0.29, 0.717) is 59.7 Å². The van der Waals surface area contributed by atoms with Gasteiger partial charge >= 0.3 is 6.18 Å². The van der Waals surface area contributed by atoms with E-state index in [1.807, 2.05) is 47.4 Å². The lowest BCUT2D eigenvalue weighted by Crippen LogP contribution is -2.55. The van der Waals surface area contributed by atoms with Crippen LogP contribution in [0.2, 0.25) is 0 Å². The predicted molar refractivity (Wildman–Crippen MR) is 176 cm³/mol. The molecule has 12 nitrogen and oxygen atoms in total. The molecular weight excluding hydrogens is 653 g/mol. The summed E-state index contributed by atoms with van der Waals surface area (Å²) in [4.78, 5) is 51.3. The molecule has 2 aromatic carbocycles. The Morgan fingerprint density at radius 1 is 1.10 bits per heavy atom. The Hall–Kier alpha value is -5.41. The van der Waals surface area contributed by atoms with Crippen LogP contribution in [0.25, 0.3) is 5.69 Å². The van der Waals surface area contributed by atoms with E-state index in [1.165, 1.54) is 4.90 Å². The molecule has 50 heavy (non-hydrogen) atoms. The minimum atomic E-state index is -4.80. The summed E-state index contributed by atoms with van der Waals surface area (Å²) in [6, 6.07) is 15.8. The molecule has 2 aliphatic rings. The largest absolute Gasteiger partial charge is 0.433 e. The summed E-state index contributed by atoms with van der Waals surface area (Å²) in [7, 11) is 0. The fourth-order valence-corrected chi connectivity index (χ4v) is 6.17. The van der Waals surface area contributed by atoms with Crippen LogP contribution in [0.4, 0.5) is 19.0 Å². The molecular formula is C35H35F3N8O4. The van der Waals surface area contributed by atoms with Crippen LogP contribution in [0.5, 0.6) is 0 Å². The number of aromatic nitrogens is 4. The van der Waals surface area contributed by atoms with E-state index < -0.39 is 41.5 Å². The number of hydrogen-bond donors (Lipinski definition) is 2. The average Bonchev–Trinajstić information content (AvgIpc) is 3.56. The number of alkyl halides is 3. The second-order valence-corrected chi connectivity index (χ2v) is 11.9. The highest BCUT2D eigenvalue weighted by molar-refractivity contribution is 6.04. The molecule has 1 fully saturated rings. The van der Waals surface area contributed by atoms with Gasteiger partial charge in [0.15, 0.2) is 0 Å². The maximum absolute atomic E-state index is 14.3. The van der Waals surface area contributed by atoms with Crippen molar-refractivity contribution in [2.45, 2.75) is 38.0 Å². The lowest BCUT2D eigenvalue weighted by molar-refractivity contribution is -0.141. The highest BCUT2D eigenvalue weighted by atomic mass is 19.4. The van der Waals surface area contributed by atoms with E-state index >= 15 is 0 Å². The van der Waals surface area contributed by atoms with Crippen LogP contribution < -0.4 is 15.5 Å². The molecule has 260 valence electrons. The molecule has 4 heterocycles. The normalized spacial score (nSPS) is 18.0. The topological polar surface area (TPSA) is 135 Å². The number of carbonyl (C=O) groups is 3. The highest BCUT2D eigenvalue weighted by Crippen LogP contribution is 2.41. The lowest BCUT2D eigenvalue weighted by Gasteiger charge is -2.38. The third-order valence-electron chi connectivity index (χ3n) is 8.52. The van der Waals surface area contributed by atoms with E-state index in [-0.39, 0.29) is 19.0 Å². The zero-order valence-electron chi connectivity index (χ0n) is 27.2. The molecule has 1 saturated heterocycles. The first-order chi connectivity index (χ1) is 24.0. The molecule has 2 atom stereocenters. The molecule has 0 spiro atoms. The lowest BCUT2D eigenvalue weighted by atomic mass is 9.82. The van der Waals surface area contributed by atoms with Crippen molar-refractivity contribution in [3.05, 3.63) is 113 Å². The third kappa shape index (κ3) is 7.28. The van der Waals surface area contributed by atoms with Crippen molar-refractivity contribution in [2.75, 3.05) is 37.9 Å². The molecule has 2 aromatic heterocycles. The number of ether oxygens (including phenoxy) is 1. The van der Waals surface area contributed by atoms with Crippen LogP contribution in [0.1, 0.15) is 52.3 Å². The summed E-state index contributed by atoms with van der Waals surface area (Å²) < 4.78 is 47.3. The van der Waals surface area contributed by atoms with Gasteiger partial charge in [0.25, 0.3) is 11.8 Å². The molecule has 0 bridgehead atoms. The van der Waals surface area contributed by atoms with Crippen molar-refractivity contribution in [1.29, 1.82) is 0 Å². The van der Waals surface area contributed by atoms with E-state index in [4.69, 9.17) is 4.74 Å². The van der Waals surface area contributed by atoms with Crippen LogP contribution in [-0.2, 0) is 27.0 Å². The van der Waals surface area contributed by atoms with Crippen LogP contribution >= 0.6 is 0 Å². The SMILES string of the molecule is C=C(CN1CCCOC1)C(=O)NCc1cccc([C@@H]2c3cnn(-c4ccccc4)c3N(CC)C(=O)[C@H]2NC(=O)c2nccc(C(F)(F)F)n2)c1. The van der Waals surface area contributed by atoms with Gasteiger partial charge in [-0.15, -0.1) is 0 Å². The maximum atomic E-state index is 14.3. The number of carbonyl (C=O) groups excluding carboxylic acids is 3. The quantitative estimate of drug-likeness (QED) is 0.240. The van der Waals surface area contributed by atoms with Crippen molar-refractivity contribution in [3.8, 4) is 5.69 Å². The van der Waals surface area contributed by atoms with Gasteiger partial charge in [0, 0.05) is 56.0 Å². The van der Waals surface area contributed by atoms with E-state index in [0.717, 1.165) is 19.2 Å². The molecule has 0 radical (unpaired) electrons. The number of fused-ring (bicyclic) bond motifs is 1. The van der Waals surface area contributed by atoms with E-state index in [2.05, 4.69) is 32.3 Å². The van der Waals surface area contributed by atoms with Gasteiger partial charge in [-0.1, -0.05) is 49.0 Å². The van der Waals surface area contributed by atoms with Crippen molar-refractivity contribution in [2.24, 2.45) is 0 Å². The zero-order valence-corrected chi connectivity index (χ0v) is 27.2. The van der Waals surface area contributed by atoms with Crippen LogP contribution in [0, 0.1) is 0 Å². The molecule has 2 aliphatic heterocycles. The van der Waals surface area contributed by atoms with Crippen molar-refractivity contribution in [3.63, 3.8) is 0 Å². The standard InChI is InChI=1S/C35H35F3N8O4/c1-3-45-33-26(19-41-46(33)25-11-5-4-6-12-25)28(29(34(45)49)43-32(48)30-39-14-13-27(42-30)35(36,37)38)24-10-7-9-23(17-24)18-40-31(47)22(2)20-44-15-8-16-50-21-44/h4-7,9-14,17,19,28-29H,2-3,8,15-16,18,20-21H2,1H3,(H,40,47)(H,43,48)/t28-,29+/m1/s1. The number of anilines is 1. The second-order valence-electron chi connectivity index (χ2n) is 11.9. The molecule has 0 aliphatic carbocycles. The summed E-state index contributed by atoms with van der Waals surface area (Å²) >= 11 is 0. The minimum absolute atomic E-state index is 0.148. The number of halogens is 3. The van der Waals surface area contributed by atoms with Gasteiger partial charge in [-0.2, -0.15) is 18.3 Å². The minimum Gasteiger partial charge on any atom is -0.366 e. The Balaban J connectivity index is 1.33. The van der Waals surface area contributed by atoms with Gasteiger partial charge in [0.05, 0.1) is 18.6 Å². The molecule has 3 amide bonds. The van der Waals surface area contributed by atoms with Crippen LogP contribution in [-0.4, -0.2) is 81.4 Å². The number of amides is 3. The summed E-state index contributed by atoms with van der Waals surface area (Å²) in [6.45, 7) is 8.37. The summed E-state index contributed by atoms with van der Waals surface area (Å²) in [5.74, 6) is -2.92. The van der Waals surface area contributed by atoms with E-state index in [9.17, 15) is 27.6 Å². The smallest absolute Gasteiger partial charge is 0.366 e. The summed E-state index contributed by atoms with van der Waals surface area (Å²) in [5, 5.41) is 10.1. The summed E-state index contributed by atoms with van der Waals surface area (Å²) in [6.07, 6.45) is -1.46. The first-order valence-corrected chi connectivity index (χ1v) is 16.1. The first-order valence-electron chi connectivity index (χ1n) is 16.1. The number of hydrogen-bond acceptors (Lipinski definition) is 8. The fourth-order valence-electron chi connectivity index (χ4n) is 6.17. The van der Waals surface area contributed by atoms with Gasteiger partial charge in [0.1, 0.15) is 17.6 Å². The molecule has 4 aromatic rings. The Bertz CT molecular complexity index is 1890. The van der Waals surface area contributed by atoms with Crippen molar-refractivity contribution in [1.82, 2.24) is 35.3 Å². The van der Waals surface area contributed by atoms with Gasteiger partial charge in [-0.05, 0) is 42.7 Å². The third-order valence-corrected chi connectivity index (χ3v) is 8.52. The van der Waals surface area contributed by atoms with E-state index in [1.54, 1.807) is 29.9 Å². The number of nitrogens with zero attached hydrogens (tertiary/aromatic N) is 6. The molecule has 15 heteroatoms. The van der Waals surface area contributed by atoms with Crippen molar-refractivity contribution >= 4 is 23.5 Å². The Kier molecular flexibility index (Phi) is 10.1. The number of likely N-dealkylation sites (N-methyl/N-ethyl adjacent to an activating group) is 1. The number of para-hydroxylation sites is 1. The number of rotatable bonds is 10. The second kappa shape index (κ2) is 14.6. The Labute approximate surface area is 286 Å². The van der Waals surface area contributed by atoms with Gasteiger partial charge in [-0.25, -0.2) is 14.6 Å². The predicted octanol–water partition coefficient (Wildman–Crippen LogP) is 3.83. The van der Waals surface area contributed by atoms with Crippen LogP contribution in [0.15, 0.2) is 85.2 Å². The number of benzene rings is 2. The van der Waals surface area contributed by atoms with Gasteiger partial charge in [0.2, 0.25) is 11.7 Å². The Morgan fingerprint density at radius 2 is 1.90 bits per heavy atom. The first kappa shape index (κ1) is 34.5. The summed E-state index contributed by atoms with van der Waals surface area (Å²) in [5.41, 5.74) is 1.72. The molecule has 0 unspecified atom stereocenters.